The van der Waals surface area contributed by atoms with Gasteiger partial charge < -0.3 is 10.1 Å². The van der Waals surface area contributed by atoms with E-state index in [0.29, 0.717) is 17.7 Å². The van der Waals surface area contributed by atoms with Gasteiger partial charge in [-0.2, -0.15) is 5.10 Å². The Morgan fingerprint density at radius 1 is 1.16 bits per heavy atom. The quantitative estimate of drug-likeness (QED) is 0.627. The van der Waals surface area contributed by atoms with Crippen LogP contribution < -0.4 is 15.5 Å². The molecule has 2 N–H and O–H groups in total. The van der Waals surface area contributed by atoms with E-state index in [1.54, 1.807) is 44.5 Å². The van der Waals surface area contributed by atoms with Gasteiger partial charge in [0.2, 0.25) is 5.91 Å². The van der Waals surface area contributed by atoms with E-state index in [9.17, 15) is 9.59 Å². The molecular formula is C19H21N3O3. The summed E-state index contributed by atoms with van der Waals surface area (Å²) in [5.41, 5.74) is 5.43. The zero-order chi connectivity index (χ0) is 18.2. The molecule has 6 nitrogen and oxygen atoms in total. The number of carbonyl (C=O) groups excluding carboxylic acids is 2. The van der Waals surface area contributed by atoms with Crippen LogP contribution in [0.25, 0.3) is 0 Å². The van der Waals surface area contributed by atoms with E-state index in [1.807, 2.05) is 25.1 Å². The lowest BCUT2D eigenvalue weighted by Crippen LogP contribution is -2.17. The molecule has 0 bridgehead atoms. The molecule has 0 heterocycles. The number of nitrogens with zero attached hydrogens (tertiary/aromatic N) is 1. The van der Waals surface area contributed by atoms with Gasteiger partial charge in [0.15, 0.2) is 0 Å². The van der Waals surface area contributed by atoms with Crippen LogP contribution in [0.4, 0.5) is 5.69 Å². The van der Waals surface area contributed by atoms with Crippen LogP contribution >= 0.6 is 0 Å². The molecule has 0 aromatic heterocycles. The summed E-state index contributed by atoms with van der Waals surface area (Å²) in [5, 5.41) is 6.69. The smallest absolute Gasteiger partial charge is 0.271 e. The molecule has 0 saturated carbocycles. The van der Waals surface area contributed by atoms with Crippen LogP contribution in [0.3, 0.4) is 0 Å². The normalized spacial score (nSPS) is 10.5. The Hall–Kier alpha value is -3.15. The number of nitrogens with one attached hydrogen (secondary N) is 2. The Morgan fingerprint density at radius 3 is 2.48 bits per heavy atom. The number of hydrogen-bond donors (Lipinski definition) is 2. The molecule has 0 aliphatic heterocycles. The minimum Gasteiger partial charge on any atom is -0.496 e. The van der Waals surface area contributed by atoms with Crippen LogP contribution in [0.15, 0.2) is 47.6 Å². The van der Waals surface area contributed by atoms with E-state index < -0.39 is 0 Å². The molecule has 2 amide bonds. The van der Waals surface area contributed by atoms with Crippen LogP contribution in [0, 0.1) is 6.92 Å². The minimum absolute atomic E-state index is 0.0726. The Kier molecular flexibility index (Phi) is 6.28. The van der Waals surface area contributed by atoms with E-state index in [0.717, 1.165) is 16.9 Å². The average molecular weight is 339 g/mol. The summed E-state index contributed by atoms with van der Waals surface area (Å²) in [6.45, 7) is 3.72. The second-order valence-electron chi connectivity index (χ2n) is 5.41. The van der Waals surface area contributed by atoms with E-state index in [4.69, 9.17) is 4.74 Å². The van der Waals surface area contributed by atoms with Crippen molar-refractivity contribution in [1.29, 1.82) is 0 Å². The number of benzene rings is 2. The molecule has 0 spiro atoms. The highest BCUT2D eigenvalue weighted by molar-refractivity contribution is 5.96. The second-order valence-corrected chi connectivity index (χ2v) is 5.41. The summed E-state index contributed by atoms with van der Waals surface area (Å²) in [5.74, 6) is 0.405. The first-order valence-electron chi connectivity index (χ1n) is 7.91. The van der Waals surface area contributed by atoms with Gasteiger partial charge >= 0.3 is 0 Å². The van der Waals surface area contributed by atoms with Gasteiger partial charge in [-0.15, -0.1) is 0 Å². The summed E-state index contributed by atoms with van der Waals surface area (Å²) in [6.07, 6.45) is 1.97. The summed E-state index contributed by atoms with van der Waals surface area (Å²) >= 11 is 0. The van der Waals surface area contributed by atoms with Gasteiger partial charge in [0.25, 0.3) is 5.91 Å². The molecular weight excluding hydrogens is 318 g/mol. The number of carbonyl (C=O) groups is 2. The fourth-order valence-electron chi connectivity index (χ4n) is 2.17. The standard InChI is InChI=1S/C19H21N3O3/c1-4-18(23)21-16-8-6-15(7-9-16)19(24)22-20-12-14-5-10-17(25-3)13(2)11-14/h5-12H,4H2,1-3H3,(H,21,23)(H,22,24). The number of anilines is 1. The highest BCUT2D eigenvalue weighted by atomic mass is 16.5. The Labute approximate surface area is 146 Å². The predicted octanol–water partition coefficient (Wildman–Crippen LogP) is 3.12. The van der Waals surface area contributed by atoms with Gasteiger partial charge in [-0.3, -0.25) is 9.59 Å². The summed E-state index contributed by atoms with van der Waals surface area (Å²) in [7, 11) is 1.62. The van der Waals surface area contributed by atoms with Crippen LogP contribution in [-0.4, -0.2) is 25.1 Å². The van der Waals surface area contributed by atoms with Crippen molar-refractivity contribution in [3.8, 4) is 5.75 Å². The third-order valence-electron chi connectivity index (χ3n) is 3.55. The highest BCUT2D eigenvalue weighted by Crippen LogP contribution is 2.17. The van der Waals surface area contributed by atoms with E-state index in [1.165, 1.54) is 0 Å². The average Bonchev–Trinajstić information content (AvgIpc) is 2.62. The fraction of sp³-hybridized carbons (Fsp3) is 0.211. The van der Waals surface area contributed by atoms with Crippen molar-refractivity contribution in [2.45, 2.75) is 20.3 Å². The Morgan fingerprint density at radius 2 is 1.88 bits per heavy atom. The number of rotatable bonds is 6. The van der Waals surface area contributed by atoms with Gasteiger partial charge in [0.05, 0.1) is 13.3 Å². The monoisotopic (exact) mass is 339 g/mol. The van der Waals surface area contributed by atoms with Crippen molar-refractivity contribution in [2.75, 3.05) is 12.4 Å². The van der Waals surface area contributed by atoms with Gasteiger partial charge in [-0.05, 0) is 60.5 Å². The fourth-order valence-corrected chi connectivity index (χ4v) is 2.17. The molecule has 2 aromatic rings. The molecule has 6 heteroatoms. The van der Waals surface area contributed by atoms with E-state index >= 15 is 0 Å². The van der Waals surface area contributed by atoms with Crippen molar-refractivity contribution in [2.24, 2.45) is 5.10 Å². The van der Waals surface area contributed by atoms with Gasteiger partial charge in [-0.25, -0.2) is 5.43 Å². The maximum Gasteiger partial charge on any atom is 0.271 e. The number of aryl methyl sites for hydroxylation is 1. The Balaban J connectivity index is 1.95. The van der Waals surface area contributed by atoms with Crippen molar-refractivity contribution in [3.05, 3.63) is 59.2 Å². The molecule has 0 saturated heterocycles. The van der Waals surface area contributed by atoms with Crippen LogP contribution in [-0.2, 0) is 4.79 Å². The lowest BCUT2D eigenvalue weighted by Gasteiger charge is -2.05. The van der Waals surface area contributed by atoms with Crippen molar-refractivity contribution < 1.29 is 14.3 Å². The highest BCUT2D eigenvalue weighted by Gasteiger charge is 2.05. The SMILES string of the molecule is CCC(=O)Nc1ccc(C(=O)NN=Cc2ccc(OC)c(C)c2)cc1. The third-order valence-corrected chi connectivity index (χ3v) is 3.55. The lowest BCUT2D eigenvalue weighted by molar-refractivity contribution is -0.115. The molecule has 25 heavy (non-hydrogen) atoms. The lowest BCUT2D eigenvalue weighted by atomic mass is 10.1. The molecule has 0 aliphatic rings. The predicted molar refractivity (Wildman–Crippen MR) is 98.2 cm³/mol. The number of amides is 2. The molecule has 0 atom stereocenters. The maximum absolute atomic E-state index is 12.1. The third kappa shape index (κ3) is 5.17. The molecule has 0 aliphatic carbocycles. The molecule has 0 radical (unpaired) electrons. The van der Waals surface area contributed by atoms with Gasteiger partial charge in [0.1, 0.15) is 5.75 Å². The zero-order valence-electron chi connectivity index (χ0n) is 14.5. The second kappa shape index (κ2) is 8.63. The largest absolute Gasteiger partial charge is 0.496 e. The molecule has 0 fully saturated rings. The summed E-state index contributed by atoms with van der Waals surface area (Å²) in [4.78, 5) is 23.4. The molecule has 130 valence electrons. The number of ether oxygens (including phenoxy) is 1. The number of methoxy groups -OCH3 is 1. The van der Waals surface area contributed by atoms with Crippen molar-refractivity contribution in [3.63, 3.8) is 0 Å². The maximum atomic E-state index is 12.1. The first-order valence-corrected chi connectivity index (χ1v) is 7.91. The molecule has 2 rings (SSSR count). The summed E-state index contributed by atoms with van der Waals surface area (Å²) < 4.78 is 5.20. The minimum atomic E-state index is -0.324. The Bertz CT molecular complexity index is 783. The van der Waals surface area contributed by atoms with E-state index in [2.05, 4.69) is 15.8 Å². The zero-order valence-corrected chi connectivity index (χ0v) is 14.5. The van der Waals surface area contributed by atoms with Crippen LogP contribution in [0.5, 0.6) is 5.75 Å². The van der Waals surface area contributed by atoms with E-state index in [-0.39, 0.29) is 11.8 Å². The number of hydrazone groups is 1. The van der Waals surface area contributed by atoms with Crippen molar-refractivity contribution >= 4 is 23.7 Å². The van der Waals surface area contributed by atoms with Gasteiger partial charge in [-0.1, -0.05) is 6.92 Å². The van der Waals surface area contributed by atoms with Crippen molar-refractivity contribution in [1.82, 2.24) is 5.43 Å². The summed E-state index contributed by atoms with van der Waals surface area (Å²) in [6, 6.07) is 12.2. The van der Waals surface area contributed by atoms with Crippen LogP contribution in [0.1, 0.15) is 34.8 Å². The topological polar surface area (TPSA) is 79.8 Å². The molecule has 2 aromatic carbocycles. The van der Waals surface area contributed by atoms with Gasteiger partial charge in [0, 0.05) is 17.7 Å². The first kappa shape index (κ1) is 18.2. The first-order chi connectivity index (χ1) is 12.0. The molecule has 0 unspecified atom stereocenters. The number of hydrogen-bond acceptors (Lipinski definition) is 4. The van der Waals surface area contributed by atoms with Crippen LogP contribution in [0.2, 0.25) is 0 Å².